The molecule has 0 bridgehead atoms. The van der Waals surface area contributed by atoms with Crippen LogP contribution in [0.1, 0.15) is 12.0 Å². The summed E-state index contributed by atoms with van der Waals surface area (Å²) < 4.78 is 26.4. The number of esters is 1. The highest BCUT2D eigenvalue weighted by Crippen LogP contribution is 2.40. The second-order valence-electron chi connectivity index (χ2n) is 7.62. The Morgan fingerprint density at radius 2 is 1.82 bits per heavy atom. The summed E-state index contributed by atoms with van der Waals surface area (Å²) >= 11 is 6.23. The van der Waals surface area contributed by atoms with E-state index in [1.165, 1.54) is 32.3 Å². The number of hydrogen-bond donors (Lipinski definition) is 0. The van der Waals surface area contributed by atoms with E-state index in [-0.39, 0.29) is 25.5 Å². The highest BCUT2D eigenvalue weighted by atomic mass is 35.5. The third-order valence-corrected chi connectivity index (χ3v) is 5.91. The van der Waals surface area contributed by atoms with E-state index >= 15 is 0 Å². The number of fused-ring (bicyclic) bond motifs is 1. The molecule has 1 aromatic heterocycles. The van der Waals surface area contributed by atoms with Gasteiger partial charge in [0, 0.05) is 42.1 Å². The van der Waals surface area contributed by atoms with Gasteiger partial charge in [0.25, 0.3) is 0 Å². The van der Waals surface area contributed by atoms with Crippen LogP contribution in [0.5, 0.6) is 17.2 Å². The van der Waals surface area contributed by atoms with Crippen LogP contribution in [0.15, 0.2) is 45.6 Å². The van der Waals surface area contributed by atoms with Gasteiger partial charge in [-0.3, -0.25) is 9.59 Å². The minimum absolute atomic E-state index is 0.0273. The predicted molar refractivity (Wildman–Crippen MR) is 124 cm³/mol. The van der Waals surface area contributed by atoms with Crippen molar-refractivity contribution in [3.63, 3.8) is 0 Å². The van der Waals surface area contributed by atoms with E-state index < -0.39 is 17.5 Å². The standard InChI is InChI=1S/C24H22ClNO8/c1-30-15-4-5-16-14(7-23(28)34-19(16)8-15)12-33-24(29)13-6-22(27)26(11-13)18-9-17(25)20(31-2)10-21(18)32-3/h4-5,7-10,13H,6,11-12H2,1-3H3. The van der Waals surface area contributed by atoms with Crippen molar-refractivity contribution in [3.8, 4) is 17.2 Å². The van der Waals surface area contributed by atoms with Crippen LogP contribution < -0.4 is 24.7 Å². The molecule has 0 radical (unpaired) electrons. The monoisotopic (exact) mass is 487 g/mol. The Bertz CT molecular complexity index is 1320. The molecular formula is C24H22ClNO8. The number of halogens is 1. The Balaban J connectivity index is 1.50. The lowest BCUT2D eigenvalue weighted by atomic mass is 10.1. The SMILES string of the molecule is COc1ccc2c(COC(=O)C3CC(=O)N(c4cc(Cl)c(OC)cc4OC)C3)cc(=O)oc2c1. The lowest BCUT2D eigenvalue weighted by Gasteiger charge is -2.20. The van der Waals surface area contributed by atoms with Crippen molar-refractivity contribution in [2.75, 3.05) is 32.8 Å². The molecular weight excluding hydrogens is 466 g/mol. The molecule has 1 unspecified atom stereocenters. The van der Waals surface area contributed by atoms with Crippen LogP contribution in [0.2, 0.25) is 5.02 Å². The molecule has 1 atom stereocenters. The Kier molecular flexibility index (Phi) is 6.65. The summed E-state index contributed by atoms with van der Waals surface area (Å²) in [6, 6.07) is 9.45. The number of amides is 1. The van der Waals surface area contributed by atoms with Crippen LogP contribution in [0.25, 0.3) is 11.0 Å². The number of rotatable bonds is 7. The molecule has 0 saturated carbocycles. The molecule has 0 N–H and O–H groups in total. The van der Waals surface area contributed by atoms with Gasteiger partial charge in [0.2, 0.25) is 5.91 Å². The fourth-order valence-electron chi connectivity index (χ4n) is 3.88. The van der Waals surface area contributed by atoms with Crippen molar-refractivity contribution in [3.05, 3.63) is 57.4 Å². The molecule has 1 aliphatic rings. The smallest absolute Gasteiger partial charge is 0.336 e. The quantitative estimate of drug-likeness (QED) is 0.368. The van der Waals surface area contributed by atoms with Crippen molar-refractivity contribution in [2.24, 2.45) is 5.92 Å². The summed E-state index contributed by atoms with van der Waals surface area (Å²) in [4.78, 5) is 38.9. The van der Waals surface area contributed by atoms with E-state index in [1.807, 2.05) is 0 Å². The van der Waals surface area contributed by atoms with E-state index in [4.69, 9.17) is 35.0 Å². The maximum atomic E-state index is 12.8. The first-order valence-corrected chi connectivity index (χ1v) is 10.7. The first kappa shape index (κ1) is 23.4. The molecule has 178 valence electrons. The van der Waals surface area contributed by atoms with Gasteiger partial charge in [0.15, 0.2) is 0 Å². The molecule has 9 nitrogen and oxygen atoms in total. The number of ether oxygens (including phenoxy) is 4. The molecule has 1 saturated heterocycles. The third kappa shape index (κ3) is 4.51. The molecule has 0 spiro atoms. The topological polar surface area (TPSA) is 105 Å². The fourth-order valence-corrected chi connectivity index (χ4v) is 4.11. The Hall–Kier alpha value is -3.72. The fraction of sp³-hybridized carbons (Fsp3) is 0.292. The van der Waals surface area contributed by atoms with E-state index in [0.717, 1.165) is 0 Å². The van der Waals surface area contributed by atoms with Crippen LogP contribution in [-0.2, 0) is 20.9 Å². The lowest BCUT2D eigenvalue weighted by Crippen LogP contribution is -2.27. The average Bonchev–Trinajstić information content (AvgIpc) is 3.22. The summed E-state index contributed by atoms with van der Waals surface area (Å²) in [6.07, 6.45) is -0.0273. The molecule has 4 rings (SSSR count). The third-order valence-electron chi connectivity index (χ3n) is 5.61. The van der Waals surface area contributed by atoms with Crippen molar-refractivity contribution in [1.82, 2.24) is 0 Å². The highest BCUT2D eigenvalue weighted by Gasteiger charge is 2.37. The number of nitrogens with zero attached hydrogens (tertiary/aromatic N) is 1. The Morgan fingerprint density at radius 1 is 1.06 bits per heavy atom. The number of anilines is 1. The molecule has 2 heterocycles. The number of carbonyl (C=O) groups excluding carboxylic acids is 2. The predicted octanol–water partition coefficient (Wildman–Crippen LogP) is 3.57. The van der Waals surface area contributed by atoms with Gasteiger partial charge in [0.1, 0.15) is 29.4 Å². The number of carbonyl (C=O) groups is 2. The Labute approximate surface area is 199 Å². The second-order valence-corrected chi connectivity index (χ2v) is 8.03. The number of hydrogen-bond acceptors (Lipinski definition) is 8. The van der Waals surface area contributed by atoms with Gasteiger partial charge in [-0.15, -0.1) is 0 Å². The zero-order valence-corrected chi connectivity index (χ0v) is 19.5. The first-order valence-electron chi connectivity index (χ1n) is 10.3. The van der Waals surface area contributed by atoms with Gasteiger partial charge in [-0.25, -0.2) is 4.79 Å². The van der Waals surface area contributed by atoms with Gasteiger partial charge in [0.05, 0.1) is 38.0 Å². The molecule has 34 heavy (non-hydrogen) atoms. The largest absolute Gasteiger partial charge is 0.497 e. The summed E-state index contributed by atoms with van der Waals surface area (Å²) in [6.45, 7) is -0.0405. The zero-order valence-electron chi connectivity index (χ0n) is 18.8. The minimum atomic E-state index is -0.690. The van der Waals surface area contributed by atoms with Crippen LogP contribution in [-0.4, -0.2) is 39.8 Å². The maximum Gasteiger partial charge on any atom is 0.336 e. The molecule has 1 aliphatic heterocycles. The van der Waals surface area contributed by atoms with Gasteiger partial charge < -0.3 is 28.3 Å². The summed E-state index contributed by atoms with van der Waals surface area (Å²) in [5, 5.41) is 0.929. The van der Waals surface area contributed by atoms with Crippen LogP contribution >= 0.6 is 11.6 Å². The van der Waals surface area contributed by atoms with Crippen molar-refractivity contribution < 1.29 is 33.0 Å². The number of benzene rings is 2. The summed E-state index contributed by atoms with van der Waals surface area (Å²) in [5.41, 5.74) is 0.683. The number of methoxy groups -OCH3 is 3. The lowest BCUT2D eigenvalue weighted by molar-refractivity contribution is -0.149. The van der Waals surface area contributed by atoms with E-state index in [9.17, 15) is 14.4 Å². The first-order chi connectivity index (χ1) is 16.3. The summed E-state index contributed by atoms with van der Waals surface area (Å²) in [5.74, 6) is -0.180. The van der Waals surface area contributed by atoms with Gasteiger partial charge in [-0.2, -0.15) is 0 Å². The molecule has 0 aliphatic carbocycles. The van der Waals surface area contributed by atoms with Crippen LogP contribution in [0.4, 0.5) is 5.69 Å². The highest BCUT2D eigenvalue weighted by molar-refractivity contribution is 6.32. The van der Waals surface area contributed by atoms with Crippen LogP contribution in [0, 0.1) is 5.92 Å². The molecule has 3 aromatic rings. The normalized spacial score (nSPS) is 15.5. The van der Waals surface area contributed by atoms with Crippen molar-refractivity contribution in [2.45, 2.75) is 13.0 Å². The van der Waals surface area contributed by atoms with E-state index in [2.05, 4.69) is 0 Å². The summed E-state index contributed by atoms with van der Waals surface area (Å²) in [7, 11) is 4.45. The maximum absolute atomic E-state index is 12.8. The van der Waals surface area contributed by atoms with Gasteiger partial charge in [-0.1, -0.05) is 11.6 Å². The molecule has 1 fully saturated rings. The van der Waals surface area contributed by atoms with E-state index in [1.54, 1.807) is 30.3 Å². The van der Waals surface area contributed by atoms with Crippen molar-refractivity contribution in [1.29, 1.82) is 0 Å². The Morgan fingerprint density at radius 3 is 2.53 bits per heavy atom. The van der Waals surface area contributed by atoms with Gasteiger partial charge >= 0.3 is 11.6 Å². The molecule has 2 aromatic carbocycles. The van der Waals surface area contributed by atoms with Crippen molar-refractivity contribution >= 4 is 40.1 Å². The minimum Gasteiger partial charge on any atom is -0.497 e. The van der Waals surface area contributed by atoms with E-state index in [0.29, 0.717) is 44.5 Å². The van der Waals surface area contributed by atoms with Crippen LogP contribution in [0.3, 0.4) is 0 Å². The zero-order chi connectivity index (χ0) is 24.4. The second kappa shape index (κ2) is 9.64. The van der Waals surface area contributed by atoms with Gasteiger partial charge in [-0.05, 0) is 18.2 Å². The molecule has 1 amide bonds. The average molecular weight is 488 g/mol. The molecule has 10 heteroatoms.